The smallest absolute Gasteiger partial charge is 0.264 e. The lowest BCUT2D eigenvalue weighted by Crippen LogP contribution is -2.52. The van der Waals surface area contributed by atoms with Crippen LogP contribution in [0.5, 0.6) is 5.75 Å². The maximum absolute atomic E-state index is 15.3. The fourth-order valence-electron chi connectivity index (χ4n) is 9.58. The van der Waals surface area contributed by atoms with Gasteiger partial charge in [0, 0.05) is 43.2 Å². The number of para-hydroxylation sites is 1. The van der Waals surface area contributed by atoms with Crippen molar-refractivity contribution in [3.05, 3.63) is 120 Å². The molecule has 4 aromatic rings. The van der Waals surface area contributed by atoms with E-state index in [9.17, 15) is 14.7 Å². The minimum atomic E-state index is -2.49. The van der Waals surface area contributed by atoms with Crippen LogP contribution in [0.2, 0.25) is 18.6 Å². The Kier molecular flexibility index (Phi) is 11.8. The van der Waals surface area contributed by atoms with Crippen LogP contribution >= 0.6 is 0 Å². The summed E-state index contributed by atoms with van der Waals surface area (Å²) < 4.78 is 12.8. The number of ether oxygens (including phenoxy) is 2. The van der Waals surface area contributed by atoms with Gasteiger partial charge in [0.15, 0.2) is 5.60 Å². The van der Waals surface area contributed by atoms with Crippen molar-refractivity contribution < 1.29 is 29.0 Å². The second kappa shape index (κ2) is 16.8. The summed E-state index contributed by atoms with van der Waals surface area (Å²) in [4.78, 5) is 48.3. The van der Waals surface area contributed by atoms with Crippen molar-refractivity contribution in [1.29, 1.82) is 0 Å². The summed E-state index contributed by atoms with van der Waals surface area (Å²) in [6.07, 6.45) is 4.15. The van der Waals surface area contributed by atoms with E-state index in [0.717, 1.165) is 59.5 Å². The average Bonchev–Trinajstić information content (AvgIpc) is 3.62. The first-order valence-electron chi connectivity index (χ1n) is 20.1. The van der Waals surface area contributed by atoms with Gasteiger partial charge in [-0.1, -0.05) is 111 Å². The van der Waals surface area contributed by atoms with E-state index < -0.39 is 19.8 Å². The Bertz CT molecular complexity index is 2020. The second-order valence-corrected chi connectivity index (χ2v) is 20.9. The molecule has 1 spiro atoms. The molecule has 1 N–H and O–H groups in total. The lowest BCUT2D eigenvalue weighted by Gasteiger charge is -2.37. The predicted molar refractivity (Wildman–Crippen MR) is 223 cm³/mol. The quantitative estimate of drug-likeness (QED) is 0.154. The molecule has 10 heteroatoms. The molecule has 0 radical (unpaired) electrons. The van der Waals surface area contributed by atoms with Crippen molar-refractivity contribution >= 4 is 42.4 Å². The molecule has 9 nitrogen and oxygen atoms in total. The minimum absolute atomic E-state index is 0.0809. The van der Waals surface area contributed by atoms with Crippen LogP contribution in [0.1, 0.15) is 62.1 Å². The summed E-state index contributed by atoms with van der Waals surface area (Å²) >= 11 is 0. The van der Waals surface area contributed by atoms with E-state index in [2.05, 4.69) is 32.2 Å². The van der Waals surface area contributed by atoms with Gasteiger partial charge in [-0.3, -0.25) is 14.4 Å². The number of nitrogens with zero attached hydrogens (tertiary/aromatic N) is 3. The topological polar surface area (TPSA) is 99.6 Å². The Morgan fingerprint density at radius 2 is 1.62 bits per heavy atom. The minimum Gasteiger partial charge on any atom is -0.497 e. The van der Waals surface area contributed by atoms with E-state index in [4.69, 9.17) is 9.47 Å². The van der Waals surface area contributed by atoms with Crippen molar-refractivity contribution in [2.24, 2.45) is 5.92 Å². The van der Waals surface area contributed by atoms with Crippen LogP contribution in [0.25, 0.3) is 0 Å². The fraction of sp³-hybridized carbons (Fsp3) is 0.413. The maximum Gasteiger partial charge on any atom is 0.264 e. The van der Waals surface area contributed by atoms with Gasteiger partial charge in [0.1, 0.15) is 5.75 Å². The lowest BCUT2D eigenvalue weighted by atomic mass is 9.82. The largest absolute Gasteiger partial charge is 0.497 e. The molecule has 3 aliphatic heterocycles. The molecule has 0 aromatic heterocycles. The number of carbonyl (C=O) groups excluding carboxylic acids is 3. The normalized spacial score (nSPS) is 22.6. The fourth-order valence-corrected chi connectivity index (χ4v) is 13.6. The van der Waals surface area contributed by atoms with Gasteiger partial charge in [0.25, 0.3) is 5.91 Å². The first-order valence-corrected chi connectivity index (χ1v) is 23.2. The van der Waals surface area contributed by atoms with E-state index in [1.807, 2.05) is 101 Å². The van der Waals surface area contributed by atoms with E-state index in [-0.39, 0.29) is 48.8 Å². The summed E-state index contributed by atoms with van der Waals surface area (Å²) in [6, 6.07) is 34.0. The summed E-state index contributed by atoms with van der Waals surface area (Å²) in [7, 11) is -0.836. The first-order chi connectivity index (χ1) is 27.1. The number of aliphatic hydroxyl groups is 1. The Labute approximate surface area is 332 Å². The highest BCUT2D eigenvalue weighted by Crippen LogP contribution is 2.60. The number of benzene rings is 4. The molecular formula is C46H55N3O6Si. The number of aliphatic hydroxyl groups excluding tert-OH is 1. The second-order valence-electron chi connectivity index (χ2n) is 16.2. The molecule has 0 bridgehead atoms. The number of amides is 3. The molecule has 7 rings (SSSR count). The van der Waals surface area contributed by atoms with Gasteiger partial charge < -0.3 is 29.3 Å². The third kappa shape index (κ3) is 7.54. The van der Waals surface area contributed by atoms with E-state index in [0.29, 0.717) is 26.1 Å². The lowest BCUT2D eigenvalue weighted by molar-refractivity contribution is -0.150. The third-order valence-corrected chi connectivity index (χ3v) is 16.8. The molecule has 0 aliphatic carbocycles. The summed E-state index contributed by atoms with van der Waals surface area (Å²) in [5.74, 6) is 0.400. The van der Waals surface area contributed by atoms with Gasteiger partial charge in [-0.2, -0.15) is 0 Å². The third-order valence-electron chi connectivity index (χ3n) is 12.4. The molecule has 3 amide bonds. The van der Waals surface area contributed by atoms with Gasteiger partial charge in [-0.05, 0) is 59.8 Å². The summed E-state index contributed by atoms with van der Waals surface area (Å²) in [5, 5.41) is 11.2. The van der Waals surface area contributed by atoms with Crippen LogP contribution in [0.3, 0.4) is 0 Å². The molecule has 0 unspecified atom stereocenters. The van der Waals surface area contributed by atoms with Crippen LogP contribution in [0, 0.1) is 5.92 Å². The number of fused-ring (bicyclic) bond motifs is 2. The Morgan fingerprint density at radius 3 is 2.38 bits per heavy atom. The number of anilines is 2. The maximum atomic E-state index is 15.3. The standard InChI is InChI=1S/C46H55N3O6Si/c1-33-44(56(3,4)38-24-22-37(54-2)23-25-38)41(30-43(52)47(27-28-50)31-34-15-8-7-9-16-34)55-46(33)39-19-11-12-20-40(39)49(45(46)53)32-35-17-14-18-36(29-35)48-26-13-6-5-10-21-42(48)51/h7-9,11-12,14-20,22-25,29,33,41,44,50H,5-6,10,13,21,26-28,30-32H2,1-4H3/t33-,41+,44-,46+/m1/s1. The average molecular weight is 774 g/mol. The number of hydrogen-bond donors (Lipinski definition) is 1. The highest BCUT2D eigenvalue weighted by molar-refractivity contribution is 6.91. The molecule has 4 atom stereocenters. The molecule has 2 saturated heterocycles. The molecule has 3 aliphatic rings. The van der Waals surface area contributed by atoms with Gasteiger partial charge in [-0.15, -0.1) is 0 Å². The van der Waals surface area contributed by atoms with E-state index in [1.54, 1.807) is 12.0 Å². The first kappa shape index (κ1) is 39.5. The zero-order chi connectivity index (χ0) is 39.5. The van der Waals surface area contributed by atoms with Crippen LogP contribution in [-0.4, -0.2) is 68.7 Å². The van der Waals surface area contributed by atoms with Crippen molar-refractivity contribution in [3.8, 4) is 5.75 Å². The molecule has 0 saturated carbocycles. The number of carbonyl (C=O) groups is 3. The SMILES string of the molecule is COc1ccc([Si](C)(C)[C@H]2[C@H](CC(=O)N(CCO)Cc3ccccc3)O[C@@]3(C(=O)N(Cc4cccc(N5CCCCCCC5=O)c4)c4ccccc43)[C@@H]2C)cc1. The molecule has 56 heavy (non-hydrogen) atoms. The zero-order valence-electron chi connectivity index (χ0n) is 33.2. The van der Waals surface area contributed by atoms with Crippen molar-refractivity contribution in [3.63, 3.8) is 0 Å². The highest BCUT2D eigenvalue weighted by atomic mass is 28.3. The molecule has 294 valence electrons. The predicted octanol–water partition coefficient (Wildman–Crippen LogP) is 7.17. The van der Waals surface area contributed by atoms with E-state index >= 15 is 4.79 Å². The molecule has 2 fully saturated rings. The van der Waals surface area contributed by atoms with Gasteiger partial charge in [0.2, 0.25) is 11.8 Å². The van der Waals surface area contributed by atoms with Crippen LogP contribution in [0.15, 0.2) is 103 Å². The monoisotopic (exact) mass is 773 g/mol. The Morgan fingerprint density at radius 1 is 0.911 bits per heavy atom. The highest BCUT2D eigenvalue weighted by Gasteiger charge is 2.66. The summed E-state index contributed by atoms with van der Waals surface area (Å²) in [6.45, 7) is 8.18. The van der Waals surface area contributed by atoms with Gasteiger partial charge in [-0.25, -0.2) is 0 Å². The van der Waals surface area contributed by atoms with Crippen LogP contribution < -0.4 is 19.7 Å². The van der Waals surface area contributed by atoms with Gasteiger partial charge in [0.05, 0.1) is 46.5 Å². The molecule has 3 heterocycles. The molecule has 4 aromatic carbocycles. The van der Waals surface area contributed by atoms with E-state index in [1.165, 1.54) is 5.19 Å². The zero-order valence-corrected chi connectivity index (χ0v) is 34.2. The number of hydrogen-bond acceptors (Lipinski definition) is 6. The summed E-state index contributed by atoms with van der Waals surface area (Å²) in [5.41, 5.74) is 2.97. The number of rotatable bonds is 12. The van der Waals surface area contributed by atoms with Crippen molar-refractivity contribution in [2.75, 3.05) is 36.6 Å². The number of methoxy groups -OCH3 is 1. The van der Waals surface area contributed by atoms with Crippen LogP contribution in [0.4, 0.5) is 11.4 Å². The molecular weight excluding hydrogens is 719 g/mol. The Balaban J connectivity index is 1.25. The van der Waals surface area contributed by atoms with Gasteiger partial charge >= 0.3 is 0 Å². The van der Waals surface area contributed by atoms with Crippen LogP contribution in [-0.2, 0) is 37.8 Å². The van der Waals surface area contributed by atoms with Crippen molar-refractivity contribution in [1.82, 2.24) is 4.90 Å². The van der Waals surface area contributed by atoms with Crippen molar-refractivity contribution in [2.45, 2.75) is 88.9 Å². The Hall–Kier alpha value is -4.77.